The molecule has 0 spiro atoms. The topological polar surface area (TPSA) is 76.7 Å². The molecule has 2 atom stereocenters. The molecule has 5 heteroatoms. The van der Waals surface area contributed by atoms with Crippen molar-refractivity contribution >= 4 is 11.9 Å². The van der Waals surface area contributed by atoms with Crippen molar-refractivity contribution in [1.29, 1.82) is 0 Å². The Labute approximate surface area is 144 Å². The monoisotopic (exact) mass is 325 g/mol. The van der Waals surface area contributed by atoms with Crippen LogP contribution in [-0.2, 0) is 12.8 Å². The zero-order valence-corrected chi connectivity index (χ0v) is 14.6. The van der Waals surface area contributed by atoms with E-state index in [2.05, 4.69) is 51.5 Å². The summed E-state index contributed by atoms with van der Waals surface area (Å²) in [5.74, 6) is 2.27. The Morgan fingerprint density at radius 1 is 1.17 bits per heavy atom. The first-order valence-electron chi connectivity index (χ1n) is 8.96. The molecule has 5 nitrogen and oxygen atoms in total. The van der Waals surface area contributed by atoms with E-state index in [0.717, 1.165) is 25.1 Å². The molecule has 128 valence electrons. The van der Waals surface area contributed by atoms with Crippen LogP contribution in [0.15, 0.2) is 24.3 Å². The molecule has 1 aliphatic carbocycles. The van der Waals surface area contributed by atoms with Crippen LogP contribution in [-0.4, -0.2) is 21.0 Å². The molecule has 0 aliphatic heterocycles. The Bertz CT molecular complexity index is 685. The second-order valence-electron chi connectivity index (χ2n) is 6.78. The van der Waals surface area contributed by atoms with Gasteiger partial charge in [-0.1, -0.05) is 49.6 Å². The number of aromatic nitrogens is 3. The maximum absolute atomic E-state index is 5.81. The van der Waals surface area contributed by atoms with Gasteiger partial charge in [0.2, 0.25) is 11.9 Å². The molecule has 0 saturated heterocycles. The molecule has 24 heavy (non-hydrogen) atoms. The highest BCUT2D eigenvalue weighted by Gasteiger charge is 2.26. The standard InChI is InChI=1S/C19H27N5/c1-3-17-22-18(20)24-19(23-17)21-16-10-5-4-9-15(16)12-14-8-6-7-13(2)11-14/h6-8,11,15-16H,3-5,9-10,12H2,1-2H3,(H3,20,21,22,23,24). The zero-order chi connectivity index (χ0) is 16.9. The second kappa shape index (κ2) is 7.60. The fourth-order valence-electron chi connectivity index (χ4n) is 3.61. The van der Waals surface area contributed by atoms with Gasteiger partial charge >= 0.3 is 0 Å². The molecule has 0 radical (unpaired) electrons. The van der Waals surface area contributed by atoms with E-state index in [4.69, 9.17) is 5.73 Å². The van der Waals surface area contributed by atoms with E-state index in [1.54, 1.807) is 0 Å². The van der Waals surface area contributed by atoms with Gasteiger partial charge in [-0.2, -0.15) is 15.0 Å². The van der Waals surface area contributed by atoms with Crippen LogP contribution in [0.4, 0.5) is 11.9 Å². The van der Waals surface area contributed by atoms with Crippen LogP contribution in [0.3, 0.4) is 0 Å². The van der Waals surface area contributed by atoms with E-state index >= 15 is 0 Å². The number of aryl methyl sites for hydroxylation is 2. The van der Waals surface area contributed by atoms with Gasteiger partial charge in [0.25, 0.3) is 0 Å². The second-order valence-corrected chi connectivity index (χ2v) is 6.78. The molecule has 1 aliphatic rings. The smallest absolute Gasteiger partial charge is 0.227 e. The summed E-state index contributed by atoms with van der Waals surface area (Å²) in [7, 11) is 0. The first kappa shape index (κ1) is 16.7. The van der Waals surface area contributed by atoms with Crippen molar-refractivity contribution in [3.63, 3.8) is 0 Å². The van der Waals surface area contributed by atoms with Crippen LogP contribution in [0.1, 0.15) is 49.6 Å². The molecule has 3 N–H and O–H groups in total. The van der Waals surface area contributed by atoms with Gasteiger partial charge in [0.15, 0.2) is 0 Å². The van der Waals surface area contributed by atoms with Crippen molar-refractivity contribution in [3.05, 3.63) is 41.2 Å². The molecule has 1 aromatic heterocycles. The molecule has 2 unspecified atom stereocenters. The molecule has 0 bridgehead atoms. The largest absolute Gasteiger partial charge is 0.368 e. The summed E-state index contributed by atoms with van der Waals surface area (Å²) >= 11 is 0. The summed E-state index contributed by atoms with van der Waals surface area (Å²) in [6.45, 7) is 4.18. The van der Waals surface area contributed by atoms with Crippen LogP contribution < -0.4 is 11.1 Å². The fraction of sp³-hybridized carbons (Fsp3) is 0.526. The van der Waals surface area contributed by atoms with E-state index in [1.165, 1.54) is 30.4 Å². The number of hydrogen-bond acceptors (Lipinski definition) is 5. The highest BCUT2D eigenvalue weighted by atomic mass is 15.2. The minimum Gasteiger partial charge on any atom is -0.368 e. The minimum atomic E-state index is 0.301. The third-order valence-corrected chi connectivity index (χ3v) is 4.82. The predicted molar refractivity (Wildman–Crippen MR) is 97.9 cm³/mol. The van der Waals surface area contributed by atoms with Crippen LogP contribution >= 0.6 is 0 Å². The SMILES string of the molecule is CCc1nc(N)nc(NC2CCCCC2Cc2cccc(C)c2)n1. The van der Waals surface area contributed by atoms with Crippen molar-refractivity contribution in [3.8, 4) is 0 Å². The number of benzene rings is 1. The molecular formula is C19H27N5. The van der Waals surface area contributed by atoms with Gasteiger partial charge in [-0.3, -0.25) is 0 Å². The minimum absolute atomic E-state index is 0.301. The number of nitrogens with two attached hydrogens (primary N) is 1. The summed E-state index contributed by atoms with van der Waals surface area (Å²) in [4.78, 5) is 12.9. The molecule has 1 aromatic carbocycles. The molecule has 0 amide bonds. The number of nitrogens with one attached hydrogen (secondary N) is 1. The maximum atomic E-state index is 5.81. The predicted octanol–water partition coefficient (Wildman–Crippen LogP) is 3.54. The van der Waals surface area contributed by atoms with E-state index in [-0.39, 0.29) is 0 Å². The average molecular weight is 325 g/mol. The first-order chi connectivity index (χ1) is 11.6. The van der Waals surface area contributed by atoms with Crippen LogP contribution in [0.25, 0.3) is 0 Å². The van der Waals surface area contributed by atoms with Crippen LogP contribution in [0, 0.1) is 12.8 Å². The van der Waals surface area contributed by atoms with Crippen LogP contribution in [0.5, 0.6) is 0 Å². The third kappa shape index (κ3) is 4.22. The summed E-state index contributed by atoms with van der Waals surface area (Å²) in [5, 5.41) is 3.54. The van der Waals surface area contributed by atoms with Crippen molar-refractivity contribution in [1.82, 2.24) is 15.0 Å². The van der Waals surface area contributed by atoms with E-state index in [1.807, 2.05) is 6.92 Å². The molecular weight excluding hydrogens is 298 g/mol. The molecule has 2 aromatic rings. The van der Waals surface area contributed by atoms with E-state index in [0.29, 0.717) is 23.9 Å². The van der Waals surface area contributed by atoms with Crippen molar-refractivity contribution in [2.75, 3.05) is 11.1 Å². The van der Waals surface area contributed by atoms with Gasteiger partial charge in [0, 0.05) is 12.5 Å². The Morgan fingerprint density at radius 3 is 2.79 bits per heavy atom. The van der Waals surface area contributed by atoms with Crippen LogP contribution in [0.2, 0.25) is 0 Å². The number of anilines is 2. The Hall–Kier alpha value is -2.17. The van der Waals surface area contributed by atoms with Gasteiger partial charge < -0.3 is 11.1 Å². The lowest BCUT2D eigenvalue weighted by Gasteiger charge is -2.32. The van der Waals surface area contributed by atoms with Gasteiger partial charge in [-0.05, 0) is 37.7 Å². The van der Waals surface area contributed by atoms with Crippen molar-refractivity contribution in [2.45, 2.75) is 58.4 Å². The molecule has 1 fully saturated rings. The molecule has 1 saturated carbocycles. The number of nitrogen functional groups attached to an aromatic ring is 1. The zero-order valence-electron chi connectivity index (χ0n) is 14.6. The lowest BCUT2D eigenvalue weighted by molar-refractivity contribution is 0.322. The fourth-order valence-corrected chi connectivity index (χ4v) is 3.61. The summed E-state index contributed by atoms with van der Waals surface area (Å²) in [6.07, 6.45) is 6.81. The Balaban J connectivity index is 1.73. The Kier molecular flexibility index (Phi) is 5.28. The summed E-state index contributed by atoms with van der Waals surface area (Å²) in [5.41, 5.74) is 8.55. The number of rotatable bonds is 5. The summed E-state index contributed by atoms with van der Waals surface area (Å²) in [6, 6.07) is 9.22. The normalized spacial score (nSPS) is 20.8. The molecule has 3 rings (SSSR count). The lowest BCUT2D eigenvalue weighted by atomic mass is 9.80. The van der Waals surface area contributed by atoms with Gasteiger partial charge in [0.05, 0.1) is 0 Å². The van der Waals surface area contributed by atoms with Crippen molar-refractivity contribution in [2.24, 2.45) is 5.92 Å². The maximum Gasteiger partial charge on any atom is 0.227 e. The first-order valence-corrected chi connectivity index (χ1v) is 8.96. The lowest BCUT2D eigenvalue weighted by Crippen LogP contribution is -2.34. The van der Waals surface area contributed by atoms with Crippen molar-refractivity contribution < 1.29 is 0 Å². The van der Waals surface area contributed by atoms with Gasteiger partial charge in [0.1, 0.15) is 5.82 Å². The number of hydrogen-bond donors (Lipinski definition) is 2. The average Bonchev–Trinajstić information content (AvgIpc) is 2.56. The quantitative estimate of drug-likeness (QED) is 0.879. The Morgan fingerprint density at radius 2 is 2.00 bits per heavy atom. The number of nitrogens with zero attached hydrogens (tertiary/aromatic N) is 3. The van der Waals surface area contributed by atoms with E-state index < -0.39 is 0 Å². The third-order valence-electron chi connectivity index (χ3n) is 4.82. The highest BCUT2D eigenvalue weighted by molar-refractivity contribution is 5.33. The van der Waals surface area contributed by atoms with E-state index in [9.17, 15) is 0 Å². The summed E-state index contributed by atoms with van der Waals surface area (Å²) < 4.78 is 0. The van der Waals surface area contributed by atoms with Gasteiger partial charge in [-0.25, -0.2) is 0 Å². The molecule has 1 heterocycles. The van der Waals surface area contributed by atoms with Gasteiger partial charge in [-0.15, -0.1) is 0 Å². The highest BCUT2D eigenvalue weighted by Crippen LogP contribution is 2.29.